The Hall–Kier alpha value is -4.17. The highest BCUT2D eigenvalue weighted by Gasteiger charge is 2.09. The van der Waals surface area contributed by atoms with Crippen LogP contribution in [0.1, 0.15) is 39.7 Å². The molecule has 0 aliphatic rings. The molecule has 0 spiro atoms. The Labute approximate surface area is 232 Å². The number of rotatable bonds is 9. The fraction of sp³-hybridized carbons (Fsp3) is 0.323. The summed E-state index contributed by atoms with van der Waals surface area (Å²) in [6.07, 6.45) is 8.28. The number of hydrogen-bond donors (Lipinski definition) is 2. The first-order valence-corrected chi connectivity index (χ1v) is 13.7. The van der Waals surface area contributed by atoms with Crippen LogP contribution in [0.4, 0.5) is 17.2 Å². The number of pyridine rings is 1. The van der Waals surface area contributed by atoms with Crippen molar-refractivity contribution in [1.29, 1.82) is 0 Å². The summed E-state index contributed by atoms with van der Waals surface area (Å²) in [7, 11) is 4.18. The number of nitrogens with zero attached hydrogens (tertiary/aromatic N) is 5. The minimum atomic E-state index is 0.750. The van der Waals surface area contributed by atoms with E-state index in [0.717, 1.165) is 70.3 Å². The molecule has 0 saturated carbocycles. The van der Waals surface area contributed by atoms with Crippen LogP contribution >= 0.6 is 0 Å². The van der Waals surface area contributed by atoms with E-state index in [-0.39, 0.29) is 0 Å². The lowest BCUT2D eigenvalue weighted by Crippen LogP contribution is -2.16. The van der Waals surface area contributed by atoms with E-state index in [1.807, 2.05) is 81.7 Å². The first-order valence-electron chi connectivity index (χ1n) is 13.7. The van der Waals surface area contributed by atoms with Gasteiger partial charge < -0.3 is 24.7 Å². The van der Waals surface area contributed by atoms with Gasteiger partial charge in [0.25, 0.3) is 0 Å². The Bertz CT molecular complexity index is 1460. The van der Waals surface area contributed by atoms with Gasteiger partial charge in [-0.3, -0.25) is 0 Å². The summed E-state index contributed by atoms with van der Waals surface area (Å²) in [5, 5.41) is 7.92. The third kappa shape index (κ3) is 7.91. The molecular weight excluding hydrogens is 486 g/mol. The SMILES string of the molecule is CC.CC.Cc1cc(Nc2ncnc3ccc(NCCCN(C)C)cc23)ccc1Oc1ccn2ccnc2c1. The van der Waals surface area contributed by atoms with Gasteiger partial charge >= 0.3 is 0 Å². The number of nitrogens with one attached hydrogen (secondary N) is 2. The fourth-order valence-corrected chi connectivity index (χ4v) is 3.95. The van der Waals surface area contributed by atoms with Crippen molar-refractivity contribution in [3.8, 4) is 11.5 Å². The number of aryl methyl sites for hydroxylation is 1. The van der Waals surface area contributed by atoms with Crippen molar-refractivity contribution in [2.75, 3.05) is 37.8 Å². The van der Waals surface area contributed by atoms with Crippen molar-refractivity contribution < 1.29 is 4.74 Å². The van der Waals surface area contributed by atoms with Crippen LogP contribution in [0.2, 0.25) is 0 Å². The average Bonchev–Trinajstić information content (AvgIpc) is 3.43. The maximum Gasteiger partial charge on any atom is 0.141 e. The van der Waals surface area contributed by atoms with Gasteiger partial charge in [0.15, 0.2) is 0 Å². The number of anilines is 3. The normalized spacial score (nSPS) is 10.5. The van der Waals surface area contributed by atoms with Gasteiger partial charge in [0.2, 0.25) is 0 Å². The maximum atomic E-state index is 6.12. The van der Waals surface area contributed by atoms with E-state index >= 15 is 0 Å². The van der Waals surface area contributed by atoms with E-state index in [4.69, 9.17) is 4.74 Å². The summed E-state index contributed by atoms with van der Waals surface area (Å²) < 4.78 is 8.07. The Morgan fingerprint density at radius 2 is 1.67 bits per heavy atom. The van der Waals surface area contributed by atoms with Gasteiger partial charge in [-0.25, -0.2) is 15.0 Å². The van der Waals surface area contributed by atoms with E-state index < -0.39 is 0 Å². The molecule has 2 N–H and O–H groups in total. The highest BCUT2D eigenvalue weighted by molar-refractivity contribution is 5.93. The van der Waals surface area contributed by atoms with E-state index in [1.165, 1.54) is 0 Å². The Morgan fingerprint density at radius 3 is 2.44 bits per heavy atom. The molecule has 0 atom stereocenters. The van der Waals surface area contributed by atoms with E-state index in [9.17, 15) is 0 Å². The number of ether oxygens (including phenoxy) is 1. The molecule has 0 saturated heterocycles. The Kier molecular flexibility index (Phi) is 11.1. The molecular formula is C31H41N7O. The van der Waals surface area contributed by atoms with Gasteiger partial charge in [0.1, 0.15) is 29.3 Å². The summed E-state index contributed by atoms with van der Waals surface area (Å²) in [5.74, 6) is 2.31. The maximum absolute atomic E-state index is 6.12. The summed E-state index contributed by atoms with van der Waals surface area (Å²) in [6.45, 7) is 12.0. The second kappa shape index (κ2) is 14.7. The highest BCUT2D eigenvalue weighted by atomic mass is 16.5. The molecule has 3 aromatic heterocycles. The van der Waals surface area contributed by atoms with Gasteiger partial charge in [-0.05, 0) is 82.0 Å². The molecule has 0 amide bonds. The van der Waals surface area contributed by atoms with Crippen LogP contribution in [-0.4, -0.2) is 51.4 Å². The van der Waals surface area contributed by atoms with Crippen molar-refractivity contribution >= 4 is 33.7 Å². The summed E-state index contributed by atoms with van der Waals surface area (Å²) >= 11 is 0. The van der Waals surface area contributed by atoms with Gasteiger partial charge in [0.05, 0.1) is 5.52 Å². The molecule has 0 fully saturated rings. The molecule has 8 heteroatoms. The van der Waals surface area contributed by atoms with Crippen molar-refractivity contribution in [2.45, 2.75) is 41.0 Å². The molecule has 39 heavy (non-hydrogen) atoms. The van der Waals surface area contributed by atoms with E-state index in [2.05, 4.69) is 62.8 Å². The molecule has 0 aliphatic carbocycles. The predicted octanol–water partition coefficient (Wildman–Crippen LogP) is 7.54. The van der Waals surface area contributed by atoms with Crippen LogP contribution in [0.3, 0.4) is 0 Å². The first-order chi connectivity index (χ1) is 19.0. The lowest BCUT2D eigenvalue weighted by molar-refractivity contribution is 0.405. The monoisotopic (exact) mass is 527 g/mol. The fourth-order valence-electron chi connectivity index (χ4n) is 3.95. The molecule has 8 nitrogen and oxygen atoms in total. The minimum absolute atomic E-state index is 0.750. The lowest BCUT2D eigenvalue weighted by atomic mass is 10.1. The number of fused-ring (bicyclic) bond motifs is 2. The molecule has 3 heterocycles. The van der Waals surface area contributed by atoms with Crippen molar-refractivity contribution in [2.24, 2.45) is 0 Å². The van der Waals surface area contributed by atoms with Crippen LogP contribution in [0.25, 0.3) is 16.6 Å². The number of imidazole rings is 1. The molecule has 0 unspecified atom stereocenters. The van der Waals surface area contributed by atoms with Gasteiger partial charge in [-0.1, -0.05) is 27.7 Å². The van der Waals surface area contributed by atoms with Crippen LogP contribution in [0.5, 0.6) is 11.5 Å². The first kappa shape index (κ1) is 29.4. The zero-order chi connectivity index (χ0) is 28.2. The smallest absolute Gasteiger partial charge is 0.141 e. The van der Waals surface area contributed by atoms with E-state index in [0.29, 0.717) is 0 Å². The molecule has 206 valence electrons. The number of hydrogen-bond acceptors (Lipinski definition) is 7. The predicted molar refractivity (Wildman–Crippen MR) is 164 cm³/mol. The quantitative estimate of drug-likeness (QED) is 0.192. The molecule has 0 bridgehead atoms. The lowest BCUT2D eigenvalue weighted by Gasteiger charge is -2.14. The average molecular weight is 528 g/mol. The zero-order valence-corrected chi connectivity index (χ0v) is 24.2. The number of aromatic nitrogens is 4. The molecule has 0 radical (unpaired) electrons. The van der Waals surface area contributed by atoms with Crippen molar-refractivity contribution in [3.05, 3.63) is 79.0 Å². The summed E-state index contributed by atoms with van der Waals surface area (Å²) in [6, 6.07) is 16.1. The van der Waals surface area contributed by atoms with Gasteiger partial charge in [-0.2, -0.15) is 0 Å². The number of benzene rings is 2. The van der Waals surface area contributed by atoms with Crippen LogP contribution in [0.15, 0.2) is 73.4 Å². The largest absolute Gasteiger partial charge is 0.457 e. The highest BCUT2D eigenvalue weighted by Crippen LogP contribution is 2.30. The van der Waals surface area contributed by atoms with Crippen LogP contribution in [0, 0.1) is 6.92 Å². The molecule has 0 aliphatic heterocycles. The third-order valence-corrected chi connectivity index (χ3v) is 5.78. The van der Waals surface area contributed by atoms with Gasteiger partial charge in [-0.15, -0.1) is 0 Å². The van der Waals surface area contributed by atoms with Gasteiger partial charge in [0, 0.05) is 48.0 Å². The van der Waals surface area contributed by atoms with Crippen LogP contribution < -0.4 is 15.4 Å². The van der Waals surface area contributed by atoms with Crippen molar-refractivity contribution in [1.82, 2.24) is 24.3 Å². The van der Waals surface area contributed by atoms with Crippen LogP contribution in [-0.2, 0) is 0 Å². The topological polar surface area (TPSA) is 79.6 Å². The molecule has 5 rings (SSSR count). The van der Waals surface area contributed by atoms with Crippen molar-refractivity contribution in [3.63, 3.8) is 0 Å². The zero-order valence-electron chi connectivity index (χ0n) is 24.2. The Morgan fingerprint density at radius 1 is 0.872 bits per heavy atom. The molecule has 2 aromatic carbocycles. The standard InChI is InChI=1S/C27H29N7O.2C2H6/c1-19-15-21(6-8-25(19)35-22-9-13-34-14-11-29-26(34)17-22)32-27-23-16-20(28-10-4-12-33(2)3)5-7-24(23)30-18-31-27;2*1-2/h5-9,11,13-18,28H,4,10,12H2,1-3H3,(H,30,31,32);2*1-2H3. The minimum Gasteiger partial charge on any atom is -0.457 e. The third-order valence-electron chi connectivity index (χ3n) is 5.78. The molecule has 5 aromatic rings. The Balaban J connectivity index is 0.00000100. The summed E-state index contributed by atoms with van der Waals surface area (Å²) in [4.78, 5) is 15.4. The van der Waals surface area contributed by atoms with E-state index in [1.54, 1.807) is 12.5 Å². The summed E-state index contributed by atoms with van der Waals surface area (Å²) in [5.41, 5.74) is 4.75. The second-order valence-corrected chi connectivity index (χ2v) is 8.80. The second-order valence-electron chi connectivity index (χ2n) is 8.80.